The topological polar surface area (TPSA) is 67.9 Å². The number of aryl methyl sites for hydroxylation is 1. The zero-order valence-corrected chi connectivity index (χ0v) is 18.4. The van der Waals surface area contributed by atoms with E-state index in [-0.39, 0.29) is 31.6 Å². The van der Waals surface area contributed by atoms with Crippen LogP contribution in [-0.4, -0.2) is 35.1 Å². The molecule has 3 rings (SSSR count). The summed E-state index contributed by atoms with van der Waals surface area (Å²) < 4.78 is 25.0. The maximum absolute atomic E-state index is 14.3. The normalized spacial score (nSPS) is 13.6. The SMILES string of the molecule is CC(C(=O)NC(C)(C)C)N(Cc1ccccc1F)C(=O)CCc1ccc2c(c1)OCO2. The molecule has 0 saturated carbocycles. The molecule has 0 saturated heterocycles. The highest BCUT2D eigenvalue weighted by Crippen LogP contribution is 2.32. The molecule has 2 amide bonds. The first-order valence-electron chi connectivity index (χ1n) is 10.4. The summed E-state index contributed by atoms with van der Waals surface area (Å²) in [7, 11) is 0. The number of hydrogen-bond acceptors (Lipinski definition) is 4. The van der Waals surface area contributed by atoms with Crippen LogP contribution in [0.4, 0.5) is 4.39 Å². The summed E-state index contributed by atoms with van der Waals surface area (Å²) in [5.41, 5.74) is 0.856. The van der Waals surface area contributed by atoms with Crippen molar-refractivity contribution < 1.29 is 23.5 Å². The highest BCUT2D eigenvalue weighted by Gasteiger charge is 2.29. The van der Waals surface area contributed by atoms with Gasteiger partial charge < -0.3 is 19.7 Å². The zero-order valence-electron chi connectivity index (χ0n) is 18.4. The Morgan fingerprint density at radius 3 is 2.55 bits per heavy atom. The first-order valence-corrected chi connectivity index (χ1v) is 10.4. The molecule has 166 valence electrons. The summed E-state index contributed by atoms with van der Waals surface area (Å²) in [4.78, 5) is 27.3. The average molecular weight is 429 g/mol. The number of hydrogen-bond donors (Lipinski definition) is 1. The van der Waals surface area contributed by atoms with E-state index in [9.17, 15) is 14.0 Å². The van der Waals surface area contributed by atoms with E-state index < -0.39 is 17.4 Å². The quantitative estimate of drug-likeness (QED) is 0.728. The smallest absolute Gasteiger partial charge is 0.242 e. The highest BCUT2D eigenvalue weighted by atomic mass is 19.1. The van der Waals surface area contributed by atoms with Crippen molar-refractivity contribution in [3.05, 3.63) is 59.4 Å². The number of carbonyl (C=O) groups is 2. The number of ether oxygens (including phenoxy) is 2. The van der Waals surface area contributed by atoms with Gasteiger partial charge in [-0.1, -0.05) is 24.3 Å². The molecular formula is C24H29FN2O4. The molecule has 0 radical (unpaired) electrons. The second-order valence-corrected chi connectivity index (χ2v) is 8.72. The van der Waals surface area contributed by atoms with Gasteiger partial charge in [0.1, 0.15) is 11.9 Å². The second-order valence-electron chi connectivity index (χ2n) is 8.72. The molecular weight excluding hydrogens is 399 g/mol. The third-order valence-corrected chi connectivity index (χ3v) is 5.03. The molecule has 6 nitrogen and oxygen atoms in total. The van der Waals surface area contributed by atoms with Gasteiger partial charge in [0.25, 0.3) is 0 Å². The second kappa shape index (κ2) is 9.37. The van der Waals surface area contributed by atoms with E-state index in [4.69, 9.17) is 9.47 Å². The Morgan fingerprint density at radius 2 is 1.84 bits per heavy atom. The van der Waals surface area contributed by atoms with Crippen molar-refractivity contribution in [2.24, 2.45) is 0 Å². The molecule has 31 heavy (non-hydrogen) atoms. The van der Waals surface area contributed by atoms with E-state index in [1.54, 1.807) is 25.1 Å². The highest BCUT2D eigenvalue weighted by molar-refractivity contribution is 5.87. The lowest BCUT2D eigenvalue weighted by molar-refractivity contribution is -0.141. The lowest BCUT2D eigenvalue weighted by Crippen LogP contribution is -2.52. The molecule has 2 aromatic carbocycles. The van der Waals surface area contributed by atoms with E-state index in [2.05, 4.69) is 5.32 Å². The molecule has 1 N–H and O–H groups in total. The van der Waals surface area contributed by atoms with Crippen molar-refractivity contribution in [3.63, 3.8) is 0 Å². The number of amides is 2. The first-order chi connectivity index (χ1) is 14.6. The molecule has 0 fully saturated rings. The average Bonchev–Trinajstić information content (AvgIpc) is 3.17. The van der Waals surface area contributed by atoms with Crippen LogP contribution in [0.2, 0.25) is 0 Å². The van der Waals surface area contributed by atoms with Crippen molar-refractivity contribution in [1.82, 2.24) is 10.2 Å². The Labute approximate surface area is 182 Å². The van der Waals surface area contributed by atoms with Crippen LogP contribution in [-0.2, 0) is 22.6 Å². The molecule has 0 bridgehead atoms. The van der Waals surface area contributed by atoms with Gasteiger partial charge in [-0.25, -0.2) is 4.39 Å². The van der Waals surface area contributed by atoms with Crippen molar-refractivity contribution in [1.29, 1.82) is 0 Å². The van der Waals surface area contributed by atoms with Crippen LogP contribution in [0.25, 0.3) is 0 Å². The summed E-state index contributed by atoms with van der Waals surface area (Å²) in [5.74, 6) is 0.437. The van der Waals surface area contributed by atoms with E-state index in [1.165, 1.54) is 11.0 Å². The Kier molecular flexibility index (Phi) is 6.83. The van der Waals surface area contributed by atoms with Gasteiger partial charge in [-0.3, -0.25) is 9.59 Å². The van der Waals surface area contributed by atoms with Crippen LogP contribution < -0.4 is 14.8 Å². The van der Waals surface area contributed by atoms with E-state index in [1.807, 2.05) is 39.0 Å². The molecule has 1 atom stereocenters. The molecule has 0 aliphatic carbocycles. The third kappa shape index (κ3) is 5.96. The molecule has 0 spiro atoms. The molecule has 1 aliphatic rings. The van der Waals surface area contributed by atoms with Crippen molar-refractivity contribution in [2.75, 3.05) is 6.79 Å². The van der Waals surface area contributed by atoms with Crippen LogP contribution in [0.15, 0.2) is 42.5 Å². The van der Waals surface area contributed by atoms with Gasteiger partial charge in [0.05, 0.1) is 0 Å². The molecule has 2 aromatic rings. The van der Waals surface area contributed by atoms with Crippen LogP contribution in [0.3, 0.4) is 0 Å². The zero-order chi connectivity index (χ0) is 22.6. The lowest BCUT2D eigenvalue weighted by Gasteiger charge is -2.31. The number of nitrogens with one attached hydrogen (secondary N) is 1. The number of halogens is 1. The van der Waals surface area contributed by atoms with Crippen molar-refractivity contribution in [2.45, 2.75) is 58.7 Å². The number of carbonyl (C=O) groups excluding carboxylic acids is 2. The van der Waals surface area contributed by atoms with Crippen LogP contribution >= 0.6 is 0 Å². The van der Waals surface area contributed by atoms with Gasteiger partial charge in [0, 0.05) is 24.1 Å². The third-order valence-electron chi connectivity index (χ3n) is 5.03. The lowest BCUT2D eigenvalue weighted by atomic mass is 10.1. The Balaban J connectivity index is 1.74. The fraction of sp³-hybridized carbons (Fsp3) is 0.417. The van der Waals surface area contributed by atoms with E-state index in [0.29, 0.717) is 23.5 Å². The number of nitrogens with zero attached hydrogens (tertiary/aromatic N) is 1. The predicted molar refractivity (Wildman–Crippen MR) is 115 cm³/mol. The van der Waals surface area contributed by atoms with Gasteiger partial charge in [0.2, 0.25) is 18.6 Å². The van der Waals surface area contributed by atoms with Crippen LogP contribution in [0.5, 0.6) is 11.5 Å². The summed E-state index contributed by atoms with van der Waals surface area (Å²) >= 11 is 0. The van der Waals surface area contributed by atoms with Gasteiger partial charge in [0.15, 0.2) is 11.5 Å². The molecule has 1 heterocycles. The summed E-state index contributed by atoms with van der Waals surface area (Å²) in [6.07, 6.45) is 0.651. The van der Waals surface area contributed by atoms with Gasteiger partial charge in [-0.15, -0.1) is 0 Å². The first kappa shape index (κ1) is 22.6. The van der Waals surface area contributed by atoms with E-state index >= 15 is 0 Å². The minimum absolute atomic E-state index is 0.0192. The van der Waals surface area contributed by atoms with Crippen LogP contribution in [0.1, 0.15) is 45.2 Å². The summed E-state index contributed by atoms with van der Waals surface area (Å²) in [6, 6.07) is 11.1. The Hall–Kier alpha value is -3.09. The minimum atomic E-state index is -0.747. The van der Waals surface area contributed by atoms with Crippen molar-refractivity contribution >= 4 is 11.8 Å². The standard InChI is InChI=1S/C24H29FN2O4/c1-16(23(29)26-24(2,3)4)27(14-18-7-5-6-8-19(18)25)22(28)12-10-17-9-11-20-21(13-17)31-15-30-20/h5-9,11,13,16H,10,12,14-15H2,1-4H3,(H,26,29). The van der Waals surface area contributed by atoms with Crippen LogP contribution in [0, 0.1) is 5.82 Å². The Bertz CT molecular complexity index is 955. The largest absolute Gasteiger partial charge is 0.454 e. The van der Waals surface area contributed by atoms with Gasteiger partial charge in [-0.2, -0.15) is 0 Å². The molecule has 1 unspecified atom stereocenters. The van der Waals surface area contributed by atoms with E-state index in [0.717, 1.165) is 5.56 Å². The monoisotopic (exact) mass is 428 g/mol. The maximum atomic E-state index is 14.3. The van der Waals surface area contributed by atoms with Gasteiger partial charge in [-0.05, 0) is 57.9 Å². The number of rotatable bonds is 7. The molecule has 1 aliphatic heterocycles. The molecule has 7 heteroatoms. The fourth-order valence-corrected chi connectivity index (χ4v) is 3.36. The summed E-state index contributed by atoms with van der Waals surface area (Å²) in [5, 5.41) is 2.90. The molecule has 0 aromatic heterocycles. The predicted octanol–water partition coefficient (Wildman–Crippen LogP) is 3.82. The minimum Gasteiger partial charge on any atom is -0.454 e. The summed E-state index contributed by atoms with van der Waals surface area (Å²) in [6.45, 7) is 7.50. The number of fused-ring (bicyclic) bond motifs is 1. The Morgan fingerprint density at radius 1 is 1.13 bits per heavy atom. The van der Waals surface area contributed by atoms with Gasteiger partial charge >= 0.3 is 0 Å². The fourth-order valence-electron chi connectivity index (χ4n) is 3.36. The maximum Gasteiger partial charge on any atom is 0.242 e. The number of benzene rings is 2. The van der Waals surface area contributed by atoms with Crippen molar-refractivity contribution in [3.8, 4) is 11.5 Å².